The molecule has 8 heteroatoms. The number of aliphatic carboxylic acids is 1. The Balaban J connectivity index is 1.82. The summed E-state index contributed by atoms with van der Waals surface area (Å²) in [5, 5.41) is 10.3. The zero-order valence-corrected chi connectivity index (χ0v) is 17.7. The fraction of sp³-hybridized carbons (Fsp3) is 0.350. The van der Waals surface area contributed by atoms with Gasteiger partial charge in [-0.3, -0.25) is 0 Å². The van der Waals surface area contributed by atoms with Crippen LogP contribution in [0.25, 0.3) is 0 Å². The van der Waals surface area contributed by atoms with Crippen molar-refractivity contribution >= 4 is 30.0 Å². The summed E-state index contributed by atoms with van der Waals surface area (Å²) < 4.78 is 32.3. The molecule has 0 bridgehead atoms. The first kappa shape index (κ1) is 22.3. The monoisotopic (exact) mass is 424 g/mol. The third-order valence-electron chi connectivity index (χ3n) is 3.93. The Labute approximate surface area is 167 Å². The van der Waals surface area contributed by atoms with Crippen molar-refractivity contribution in [3.8, 4) is 5.75 Å². The molecule has 0 heterocycles. The van der Waals surface area contributed by atoms with E-state index in [1.165, 1.54) is 5.56 Å². The molecule has 2 unspecified atom stereocenters. The van der Waals surface area contributed by atoms with E-state index >= 15 is 0 Å². The van der Waals surface area contributed by atoms with Gasteiger partial charge in [-0.1, -0.05) is 45.0 Å². The van der Waals surface area contributed by atoms with E-state index in [0.717, 1.165) is 29.7 Å². The van der Waals surface area contributed by atoms with Crippen LogP contribution in [0.15, 0.2) is 48.5 Å². The number of ether oxygens (including phenoxy) is 1. The van der Waals surface area contributed by atoms with Gasteiger partial charge < -0.3 is 14.0 Å². The average molecular weight is 424 g/mol. The molecule has 0 amide bonds. The van der Waals surface area contributed by atoms with Gasteiger partial charge >= 0.3 is 16.1 Å². The highest BCUT2D eigenvalue weighted by atomic mass is 32.2. The molecule has 152 valence electrons. The molecule has 28 heavy (non-hydrogen) atoms. The Kier molecular flexibility index (Phi) is 8.42. The summed E-state index contributed by atoms with van der Waals surface area (Å²) in [6.07, 6.45) is 2.45. The molecular weight excluding hydrogens is 399 g/mol. The normalized spacial score (nSPS) is 12.9. The van der Waals surface area contributed by atoms with Crippen molar-refractivity contribution in [1.29, 1.82) is 0 Å². The standard InChI is InChI=1S/C20H25O6PS/c1-3-25-19(20(21)22)14-16-6-4-15(5-7-16)12-13-27-18-10-8-17(9-11-18)26-28(2,23)24/h4-11,19,27H,3,12-14H2,1-2H3,(H,21,22). The van der Waals surface area contributed by atoms with E-state index in [9.17, 15) is 13.2 Å². The first-order valence-corrected chi connectivity index (χ1v) is 11.9. The van der Waals surface area contributed by atoms with E-state index < -0.39 is 22.2 Å². The third kappa shape index (κ3) is 7.97. The maximum absolute atomic E-state index is 11.2. The maximum Gasteiger partial charge on any atom is 0.333 e. The van der Waals surface area contributed by atoms with Gasteiger partial charge in [0, 0.05) is 13.0 Å². The molecule has 0 aliphatic carbocycles. The van der Waals surface area contributed by atoms with Crippen LogP contribution in [-0.4, -0.2) is 44.6 Å². The van der Waals surface area contributed by atoms with Crippen molar-refractivity contribution in [2.45, 2.75) is 25.9 Å². The Bertz CT molecular complexity index is 863. The van der Waals surface area contributed by atoms with Crippen LogP contribution in [0.5, 0.6) is 5.75 Å². The van der Waals surface area contributed by atoms with E-state index in [1.54, 1.807) is 19.1 Å². The highest BCUT2D eigenvalue weighted by molar-refractivity contribution is 7.86. The van der Waals surface area contributed by atoms with Crippen LogP contribution in [0.3, 0.4) is 0 Å². The van der Waals surface area contributed by atoms with E-state index in [2.05, 4.69) is 0 Å². The van der Waals surface area contributed by atoms with Gasteiger partial charge in [0.25, 0.3) is 0 Å². The highest BCUT2D eigenvalue weighted by Crippen LogP contribution is 2.18. The minimum atomic E-state index is -3.50. The molecule has 0 fully saturated rings. The molecule has 0 saturated heterocycles. The number of aryl methyl sites for hydroxylation is 1. The molecule has 2 atom stereocenters. The summed E-state index contributed by atoms with van der Waals surface area (Å²) in [6.45, 7) is 2.16. The summed E-state index contributed by atoms with van der Waals surface area (Å²) >= 11 is 0. The van der Waals surface area contributed by atoms with Crippen molar-refractivity contribution < 1.29 is 27.2 Å². The van der Waals surface area contributed by atoms with Gasteiger partial charge in [0.05, 0.1) is 6.26 Å². The molecule has 0 aliphatic rings. The Morgan fingerprint density at radius 1 is 1.07 bits per heavy atom. The first-order valence-electron chi connectivity index (χ1n) is 8.92. The number of carbonyl (C=O) groups is 1. The molecule has 0 aromatic heterocycles. The summed E-state index contributed by atoms with van der Waals surface area (Å²) in [7, 11) is -2.90. The lowest BCUT2D eigenvalue weighted by molar-refractivity contribution is -0.149. The van der Waals surface area contributed by atoms with Crippen LogP contribution in [0.1, 0.15) is 18.1 Å². The molecule has 2 aromatic carbocycles. The molecule has 0 saturated carbocycles. The summed E-state index contributed by atoms with van der Waals surface area (Å²) in [4.78, 5) is 11.2. The van der Waals surface area contributed by atoms with E-state index in [4.69, 9.17) is 14.0 Å². The number of carboxylic acid groups (broad SMARTS) is 1. The van der Waals surface area contributed by atoms with Gasteiger partial charge in [0.15, 0.2) is 6.10 Å². The summed E-state index contributed by atoms with van der Waals surface area (Å²) in [5.74, 6) is -0.626. The van der Waals surface area contributed by atoms with Gasteiger partial charge in [0.2, 0.25) is 0 Å². The van der Waals surface area contributed by atoms with Crippen molar-refractivity contribution in [3.63, 3.8) is 0 Å². The van der Waals surface area contributed by atoms with Crippen LogP contribution in [0.4, 0.5) is 0 Å². The highest BCUT2D eigenvalue weighted by Gasteiger charge is 2.17. The van der Waals surface area contributed by atoms with Crippen LogP contribution in [0.2, 0.25) is 0 Å². The smallest absolute Gasteiger partial charge is 0.333 e. The second-order valence-corrected chi connectivity index (χ2v) is 9.30. The predicted octanol–water partition coefficient (Wildman–Crippen LogP) is 2.60. The Hall–Kier alpha value is -1.95. The van der Waals surface area contributed by atoms with Gasteiger partial charge in [-0.25, -0.2) is 4.79 Å². The fourth-order valence-electron chi connectivity index (χ4n) is 2.63. The molecule has 2 aromatic rings. The second-order valence-electron chi connectivity index (χ2n) is 6.29. The number of hydrogen-bond donors (Lipinski definition) is 1. The lowest BCUT2D eigenvalue weighted by Gasteiger charge is -2.12. The summed E-state index contributed by atoms with van der Waals surface area (Å²) in [5.41, 5.74) is 2.13. The number of hydrogen-bond acceptors (Lipinski definition) is 5. The van der Waals surface area contributed by atoms with Crippen molar-refractivity contribution in [2.24, 2.45) is 0 Å². The molecule has 0 aliphatic heterocycles. The zero-order valence-electron chi connectivity index (χ0n) is 15.9. The lowest BCUT2D eigenvalue weighted by Crippen LogP contribution is -2.26. The van der Waals surface area contributed by atoms with Gasteiger partial charge in [-0.15, -0.1) is 0 Å². The minimum Gasteiger partial charge on any atom is -0.479 e. The molecule has 0 radical (unpaired) electrons. The lowest BCUT2D eigenvalue weighted by atomic mass is 10.0. The van der Waals surface area contributed by atoms with Crippen LogP contribution >= 0.6 is 8.58 Å². The maximum atomic E-state index is 11.2. The van der Waals surface area contributed by atoms with E-state index in [1.807, 2.05) is 36.4 Å². The van der Waals surface area contributed by atoms with E-state index in [-0.39, 0.29) is 0 Å². The van der Waals surface area contributed by atoms with Crippen molar-refractivity contribution in [3.05, 3.63) is 59.7 Å². The second kappa shape index (κ2) is 10.6. The van der Waals surface area contributed by atoms with Crippen molar-refractivity contribution in [2.75, 3.05) is 19.0 Å². The molecule has 0 spiro atoms. The third-order valence-corrected chi connectivity index (χ3v) is 5.67. The number of rotatable bonds is 11. The SMILES string of the molecule is CCOC(Cc1ccc(CCPc2ccc(OS(C)(=O)=O)cc2)cc1)C(=O)O. The molecule has 1 N–H and O–H groups in total. The fourth-order valence-corrected chi connectivity index (χ4v) is 4.19. The first-order chi connectivity index (χ1) is 13.3. The minimum absolute atomic E-state index is 0.318. The average Bonchev–Trinajstić information content (AvgIpc) is 2.63. The van der Waals surface area contributed by atoms with Crippen LogP contribution in [0, 0.1) is 0 Å². The van der Waals surface area contributed by atoms with Gasteiger partial charge in [-0.2, -0.15) is 8.42 Å². The molecule has 6 nitrogen and oxygen atoms in total. The Morgan fingerprint density at radius 2 is 1.68 bits per heavy atom. The summed E-state index contributed by atoms with van der Waals surface area (Å²) in [6, 6.07) is 15.0. The molecular formula is C20H25O6PS. The van der Waals surface area contributed by atoms with Crippen molar-refractivity contribution in [1.82, 2.24) is 0 Å². The molecule has 2 rings (SSSR count). The quantitative estimate of drug-likeness (QED) is 0.441. The van der Waals surface area contributed by atoms with Crippen LogP contribution < -0.4 is 9.49 Å². The largest absolute Gasteiger partial charge is 0.479 e. The van der Waals surface area contributed by atoms with Crippen LogP contribution in [-0.2, 0) is 32.5 Å². The Morgan fingerprint density at radius 3 is 2.21 bits per heavy atom. The topological polar surface area (TPSA) is 89.9 Å². The number of carboxylic acids is 1. The predicted molar refractivity (Wildman–Crippen MR) is 112 cm³/mol. The van der Waals surface area contributed by atoms with E-state index in [0.29, 0.717) is 27.4 Å². The zero-order chi connectivity index (χ0) is 20.6. The van der Waals surface area contributed by atoms with Gasteiger partial charge in [-0.05, 0) is 48.1 Å². The van der Waals surface area contributed by atoms with Gasteiger partial charge in [0.1, 0.15) is 5.75 Å². The number of benzene rings is 2.